The van der Waals surface area contributed by atoms with Gasteiger partial charge >= 0.3 is 0 Å². The van der Waals surface area contributed by atoms with Gasteiger partial charge in [0.05, 0.1) is 6.10 Å². The van der Waals surface area contributed by atoms with Gasteiger partial charge in [0.15, 0.2) is 11.5 Å². The van der Waals surface area contributed by atoms with E-state index in [9.17, 15) is 0 Å². The molecule has 1 unspecified atom stereocenters. The van der Waals surface area contributed by atoms with E-state index in [2.05, 4.69) is 11.4 Å². The number of hydrogen-bond acceptors (Lipinski definition) is 4. The van der Waals surface area contributed by atoms with Crippen molar-refractivity contribution in [1.82, 2.24) is 5.32 Å². The Bertz CT molecular complexity index is 416. The number of para-hydroxylation sites is 1. The van der Waals surface area contributed by atoms with E-state index in [4.69, 9.17) is 14.2 Å². The molecule has 19 heavy (non-hydrogen) atoms. The maximum Gasteiger partial charge on any atom is 0.231 e. The lowest BCUT2D eigenvalue weighted by atomic mass is 10.1. The highest BCUT2D eigenvalue weighted by atomic mass is 16.7. The largest absolute Gasteiger partial charge is 0.454 e. The molecule has 0 saturated carbocycles. The average molecular weight is 263 g/mol. The van der Waals surface area contributed by atoms with Crippen LogP contribution >= 0.6 is 0 Å². The minimum atomic E-state index is 0.339. The van der Waals surface area contributed by atoms with Gasteiger partial charge in [-0.1, -0.05) is 12.1 Å². The third-order valence-corrected chi connectivity index (χ3v) is 3.70. The summed E-state index contributed by atoms with van der Waals surface area (Å²) < 4.78 is 16.5. The van der Waals surface area contributed by atoms with Crippen LogP contribution in [0.3, 0.4) is 0 Å². The Hall–Kier alpha value is -1.26. The molecule has 104 valence electrons. The molecule has 1 fully saturated rings. The molecule has 0 amide bonds. The van der Waals surface area contributed by atoms with Crippen LogP contribution in [0.15, 0.2) is 18.2 Å². The van der Waals surface area contributed by atoms with Crippen molar-refractivity contribution in [2.24, 2.45) is 0 Å². The van der Waals surface area contributed by atoms with Crippen LogP contribution in [0.25, 0.3) is 0 Å². The van der Waals surface area contributed by atoms with Gasteiger partial charge in [0.25, 0.3) is 0 Å². The van der Waals surface area contributed by atoms with Crippen LogP contribution in [0, 0.1) is 0 Å². The fraction of sp³-hybridized carbons (Fsp3) is 0.600. The van der Waals surface area contributed by atoms with Gasteiger partial charge in [-0.3, -0.25) is 0 Å². The van der Waals surface area contributed by atoms with Gasteiger partial charge < -0.3 is 19.5 Å². The van der Waals surface area contributed by atoms with Gasteiger partial charge in [0.2, 0.25) is 6.79 Å². The van der Waals surface area contributed by atoms with Crippen molar-refractivity contribution in [3.8, 4) is 11.5 Å². The van der Waals surface area contributed by atoms with Crippen LogP contribution in [0.5, 0.6) is 11.5 Å². The summed E-state index contributed by atoms with van der Waals surface area (Å²) in [5.41, 5.74) is 1.17. The lowest BCUT2D eigenvalue weighted by molar-refractivity contribution is 0.102. The normalized spacial score (nSPS) is 20.9. The Morgan fingerprint density at radius 3 is 3.16 bits per heavy atom. The first-order valence-corrected chi connectivity index (χ1v) is 7.13. The van der Waals surface area contributed by atoms with Gasteiger partial charge in [-0.05, 0) is 38.3 Å². The van der Waals surface area contributed by atoms with E-state index in [-0.39, 0.29) is 0 Å². The zero-order valence-corrected chi connectivity index (χ0v) is 11.2. The molecule has 4 heteroatoms. The zero-order valence-electron chi connectivity index (χ0n) is 11.2. The van der Waals surface area contributed by atoms with E-state index in [0.29, 0.717) is 12.9 Å². The van der Waals surface area contributed by atoms with Crippen molar-refractivity contribution < 1.29 is 14.2 Å². The van der Waals surface area contributed by atoms with Crippen molar-refractivity contribution >= 4 is 0 Å². The predicted octanol–water partition coefficient (Wildman–Crippen LogP) is 2.46. The van der Waals surface area contributed by atoms with Crippen molar-refractivity contribution in [3.05, 3.63) is 23.8 Å². The second-order valence-electron chi connectivity index (χ2n) is 5.10. The first-order chi connectivity index (χ1) is 9.43. The minimum Gasteiger partial charge on any atom is -0.454 e. The summed E-state index contributed by atoms with van der Waals surface area (Å²) in [4.78, 5) is 0. The summed E-state index contributed by atoms with van der Waals surface area (Å²) in [6.07, 6.45) is 5.29. The molecule has 0 radical (unpaired) electrons. The third kappa shape index (κ3) is 3.19. The fourth-order valence-electron chi connectivity index (χ4n) is 2.68. The molecule has 0 bridgehead atoms. The van der Waals surface area contributed by atoms with Crippen LogP contribution < -0.4 is 14.8 Å². The van der Waals surface area contributed by atoms with Crippen molar-refractivity contribution in [2.75, 3.05) is 19.9 Å². The highest BCUT2D eigenvalue weighted by Gasteiger charge is 2.17. The summed E-state index contributed by atoms with van der Waals surface area (Å²) in [5, 5.41) is 3.46. The Morgan fingerprint density at radius 1 is 1.26 bits per heavy atom. The monoisotopic (exact) mass is 263 g/mol. The van der Waals surface area contributed by atoms with E-state index in [1.54, 1.807) is 0 Å². The van der Waals surface area contributed by atoms with Crippen LogP contribution in [0.1, 0.15) is 31.2 Å². The molecule has 4 nitrogen and oxygen atoms in total. The summed E-state index contributed by atoms with van der Waals surface area (Å²) in [7, 11) is 0. The first-order valence-electron chi connectivity index (χ1n) is 7.13. The molecular formula is C15H21NO3. The van der Waals surface area contributed by atoms with E-state index in [1.165, 1.54) is 24.8 Å². The molecule has 0 aliphatic carbocycles. The van der Waals surface area contributed by atoms with Crippen molar-refractivity contribution in [1.29, 1.82) is 0 Å². The molecule has 2 aliphatic heterocycles. The standard InChI is InChI=1S/C15H21NO3/c1-4-12(15-14(7-1)18-11-19-15)10-16-8-2-5-13-6-3-9-17-13/h1,4,7,13,16H,2-3,5-6,8-11H2. The van der Waals surface area contributed by atoms with Gasteiger partial charge in [-0.2, -0.15) is 0 Å². The Kier molecular flexibility index (Phi) is 4.20. The Morgan fingerprint density at radius 2 is 2.26 bits per heavy atom. The molecule has 2 aliphatic rings. The lowest BCUT2D eigenvalue weighted by Crippen LogP contribution is -2.17. The van der Waals surface area contributed by atoms with Crippen molar-refractivity contribution in [2.45, 2.75) is 38.3 Å². The highest BCUT2D eigenvalue weighted by molar-refractivity contribution is 5.48. The first kappa shape index (κ1) is 12.8. The Balaban J connectivity index is 1.39. The van der Waals surface area contributed by atoms with E-state index in [0.717, 1.165) is 37.6 Å². The maximum atomic E-state index is 5.61. The average Bonchev–Trinajstić information content (AvgIpc) is 3.09. The lowest BCUT2D eigenvalue weighted by Gasteiger charge is -2.10. The number of hydrogen-bond donors (Lipinski definition) is 1. The molecule has 1 aromatic carbocycles. The zero-order chi connectivity index (χ0) is 12.9. The number of rotatable bonds is 6. The minimum absolute atomic E-state index is 0.339. The summed E-state index contributed by atoms with van der Waals surface area (Å²) in [5.74, 6) is 1.76. The molecule has 2 heterocycles. The highest BCUT2D eigenvalue weighted by Crippen LogP contribution is 2.35. The van der Waals surface area contributed by atoms with Crippen LogP contribution in [-0.4, -0.2) is 26.0 Å². The number of ether oxygens (including phenoxy) is 3. The van der Waals surface area contributed by atoms with Gasteiger partial charge in [0, 0.05) is 18.7 Å². The third-order valence-electron chi connectivity index (χ3n) is 3.70. The molecule has 1 aromatic rings. The summed E-state index contributed by atoms with van der Waals surface area (Å²) in [6.45, 7) is 3.14. The molecule has 1 N–H and O–H groups in total. The topological polar surface area (TPSA) is 39.7 Å². The number of fused-ring (bicyclic) bond motifs is 1. The number of nitrogens with one attached hydrogen (secondary N) is 1. The predicted molar refractivity (Wildman–Crippen MR) is 72.5 cm³/mol. The summed E-state index contributed by atoms with van der Waals surface area (Å²) >= 11 is 0. The van der Waals surface area contributed by atoms with Crippen LogP contribution in [0.4, 0.5) is 0 Å². The van der Waals surface area contributed by atoms with E-state index >= 15 is 0 Å². The second kappa shape index (κ2) is 6.26. The Labute approximate surface area is 114 Å². The molecule has 3 rings (SSSR count). The van der Waals surface area contributed by atoms with E-state index in [1.807, 2.05) is 12.1 Å². The van der Waals surface area contributed by atoms with Gasteiger partial charge in [-0.25, -0.2) is 0 Å². The molecule has 0 aromatic heterocycles. The van der Waals surface area contributed by atoms with Crippen molar-refractivity contribution in [3.63, 3.8) is 0 Å². The second-order valence-corrected chi connectivity index (χ2v) is 5.10. The fourth-order valence-corrected chi connectivity index (χ4v) is 2.68. The maximum absolute atomic E-state index is 5.61. The number of benzene rings is 1. The molecule has 0 spiro atoms. The van der Waals surface area contributed by atoms with Gasteiger partial charge in [0.1, 0.15) is 0 Å². The van der Waals surface area contributed by atoms with Crippen LogP contribution in [0.2, 0.25) is 0 Å². The molecular weight excluding hydrogens is 242 g/mol. The van der Waals surface area contributed by atoms with Gasteiger partial charge in [-0.15, -0.1) is 0 Å². The van der Waals surface area contributed by atoms with E-state index < -0.39 is 0 Å². The molecule has 1 atom stereocenters. The molecule has 1 saturated heterocycles. The van der Waals surface area contributed by atoms with Crippen LogP contribution in [-0.2, 0) is 11.3 Å². The smallest absolute Gasteiger partial charge is 0.231 e. The summed E-state index contributed by atoms with van der Waals surface area (Å²) in [6, 6.07) is 6.04. The quantitative estimate of drug-likeness (QED) is 0.800. The SMILES string of the molecule is c1cc(CNCCCC2CCCO2)c2c(c1)OCO2.